The van der Waals surface area contributed by atoms with Crippen LogP contribution in [0.3, 0.4) is 0 Å². The zero-order valence-electron chi connectivity index (χ0n) is 14.2. The molecule has 9 heteroatoms. The van der Waals surface area contributed by atoms with Crippen LogP contribution in [0, 0.1) is 12.7 Å². The van der Waals surface area contributed by atoms with Gasteiger partial charge in [-0.3, -0.25) is 0 Å². The maximum absolute atomic E-state index is 13.3. The number of aromatic amines is 1. The van der Waals surface area contributed by atoms with Crippen molar-refractivity contribution in [2.45, 2.75) is 18.4 Å². The molecule has 0 aliphatic carbocycles. The van der Waals surface area contributed by atoms with Crippen molar-refractivity contribution < 1.29 is 17.3 Å². The van der Waals surface area contributed by atoms with E-state index < -0.39 is 10.0 Å². The van der Waals surface area contributed by atoms with Gasteiger partial charge < -0.3 is 9.51 Å². The van der Waals surface area contributed by atoms with Crippen molar-refractivity contribution in [3.63, 3.8) is 0 Å². The first-order valence-electron chi connectivity index (χ1n) is 8.08. The highest BCUT2D eigenvalue weighted by Gasteiger charge is 2.16. The van der Waals surface area contributed by atoms with Gasteiger partial charge in [0, 0.05) is 22.7 Å². The summed E-state index contributed by atoms with van der Waals surface area (Å²) in [6.07, 6.45) is 1.77. The van der Waals surface area contributed by atoms with Crippen LogP contribution in [0.15, 0.2) is 58.1 Å². The first kappa shape index (κ1) is 17.4. The van der Waals surface area contributed by atoms with E-state index in [1.54, 1.807) is 31.3 Å². The van der Waals surface area contributed by atoms with Gasteiger partial charge in [-0.05, 0) is 42.8 Å². The number of halogens is 1. The number of fused-ring (bicyclic) bond motifs is 1. The van der Waals surface area contributed by atoms with Crippen LogP contribution in [0.5, 0.6) is 0 Å². The number of rotatable bonds is 5. The summed E-state index contributed by atoms with van der Waals surface area (Å²) in [5.74, 6) is 0.311. The maximum Gasteiger partial charge on any atom is 0.241 e. The Balaban J connectivity index is 1.57. The molecule has 2 N–H and O–H groups in total. The van der Waals surface area contributed by atoms with Crippen molar-refractivity contribution in [1.29, 1.82) is 0 Å². The van der Waals surface area contributed by atoms with Crippen molar-refractivity contribution in [1.82, 2.24) is 19.8 Å². The zero-order valence-corrected chi connectivity index (χ0v) is 15.0. The van der Waals surface area contributed by atoms with Crippen molar-refractivity contribution in [3.05, 3.63) is 66.2 Å². The van der Waals surface area contributed by atoms with E-state index in [-0.39, 0.29) is 23.1 Å². The van der Waals surface area contributed by atoms with Crippen LogP contribution < -0.4 is 4.72 Å². The number of H-pyrrole nitrogens is 1. The molecular formula is C18H15FN4O3S. The first-order chi connectivity index (χ1) is 12.9. The molecule has 0 amide bonds. The molecule has 0 saturated heterocycles. The minimum atomic E-state index is -3.72. The Kier molecular flexibility index (Phi) is 4.25. The molecule has 0 bridgehead atoms. The van der Waals surface area contributed by atoms with Crippen LogP contribution in [0.25, 0.3) is 22.0 Å². The highest BCUT2D eigenvalue weighted by molar-refractivity contribution is 7.89. The zero-order chi connectivity index (χ0) is 19.0. The number of hydrogen-bond acceptors (Lipinski definition) is 5. The number of hydrogen-bond donors (Lipinski definition) is 2. The summed E-state index contributed by atoms with van der Waals surface area (Å²) in [5, 5.41) is 4.47. The molecule has 2 aromatic heterocycles. The van der Waals surface area contributed by atoms with Crippen LogP contribution in [0.2, 0.25) is 0 Å². The van der Waals surface area contributed by atoms with Gasteiger partial charge in [0.2, 0.25) is 15.9 Å². The quantitative estimate of drug-likeness (QED) is 0.549. The summed E-state index contributed by atoms with van der Waals surface area (Å²) in [7, 11) is -3.72. The molecule has 0 spiro atoms. The molecule has 0 radical (unpaired) electrons. The van der Waals surface area contributed by atoms with Crippen molar-refractivity contribution in [2.24, 2.45) is 0 Å². The highest BCUT2D eigenvalue weighted by Crippen LogP contribution is 2.29. The van der Waals surface area contributed by atoms with Crippen molar-refractivity contribution >= 4 is 20.9 Å². The third kappa shape index (κ3) is 3.46. The fourth-order valence-electron chi connectivity index (χ4n) is 2.80. The summed E-state index contributed by atoms with van der Waals surface area (Å²) in [6.45, 7) is 1.57. The molecule has 0 saturated carbocycles. The summed E-state index contributed by atoms with van der Waals surface area (Å²) in [4.78, 5) is 7.09. The minimum Gasteiger partial charge on any atom is -0.360 e. The van der Waals surface area contributed by atoms with Gasteiger partial charge in [-0.15, -0.1) is 0 Å². The van der Waals surface area contributed by atoms with Gasteiger partial charge in [0.05, 0.1) is 11.4 Å². The second-order valence-corrected chi connectivity index (χ2v) is 7.74. The third-order valence-corrected chi connectivity index (χ3v) is 5.52. The van der Waals surface area contributed by atoms with Crippen LogP contribution in [0.4, 0.5) is 4.39 Å². The molecule has 27 heavy (non-hydrogen) atoms. The molecule has 0 unspecified atom stereocenters. The molecule has 138 valence electrons. The lowest BCUT2D eigenvalue weighted by Gasteiger charge is -2.06. The van der Waals surface area contributed by atoms with Gasteiger partial charge in [0.25, 0.3) is 0 Å². The fraction of sp³-hybridized carbons (Fsp3) is 0.111. The minimum absolute atomic E-state index is 0.0844. The number of aromatic nitrogens is 3. The topological polar surface area (TPSA) is 101 Å². The Bertz CT molecular complexity index is 1210. The van der Waals surface area contributed by atoms with Crippen LogP contribution >= 0.6 is 0 Å². The van der Waals surface area contributed by atoms with Crippen LogP contribution in [-0.4, -0.2) is 23.5 Å². The summed E-state index contributed by atoms with van der Waals surface area (Å²) in [5.41, 5.74) is 2.36. The standard InChI is InChI=1S/C18H15FN4O3S/c1-11-22-18(26-23-11)10-21-27(24,25)14-5-2-12(3-6-14)16-9-20-17-8-13(19)4-7-15(16)17/h2-9,20-21H,10H2,1H3. The largest absolute Gasteiger partial charge is 0.360 e. The Morgan fingerprint density at radius 3 is 2.67 bits per heavy atom. The smallest absolute Gasteiger partial charge is 0.241 e. The molecule has 4 rings (SSSR count). The molecule has 4 aromatic rings. The van der Waals surface area contributed by atoms with Gasteiger partial charge >= 0.3 is 0 Å². The lowest BCUT2D eigenvalue weighted by Crippen LogP contribution is -2.23. The van der Waals surface area contributed by atoms with Gasteiger partial charge in [-0.25, -0.2) is 17.5 Å². The van der Waals surface area contributed by atoms with E-state index in [1.807, 2.05) is 0 Å². The molecule has 7 nitrogen and oxygen atoms in total. The predicted octanol–water partition coefficient (Wildman–Crippen LogP) is 3.14. The first-order valence-corrected chi connectivity index (χ1v) is 9.57. The molecule has 0 aliphatic heterocycles. The summed E-state index contributed by atoms with van der Waals surface area (Å²) >= 11 is 0. The lowest BCUT2D eigenvalue weighted by atomic mass is 10.1. The average molecular weight is 386 g/mol. The molecule has 2 aromatic carbocycles. The number of sulfonamides is 1. The van der Waals surface area contributed by atoms with Crippen molar-refractivity contribution in [3.8, 4) is 11.1 Å². The van der Waals surface area contributed by atoms with E-state index in [1.165, 1.54) is 24.3 Å². The second kappa shape index (κ2) is 6.60. The van der Waals surface area contributed by atoms with Gasteiger partial charge in [-0.1, -0.05) is 17.3 Å². The Morgan fingerprint density at radius 2 is 1.96 bits per heavy atom. The average Bonchev–Trinajstić information content (AvgIpc) is 3.26. The summed E-state index contributed by atoms with van der Waals surface area (Å²) < 4.78 is 45.5. The number of nitrogens with one attached hydrogen (secondary N) is 2. The van der Waals surface area contributed by atoms with E-state index in [0.29, 0.717) is 11.3 Å². The monoisotopic (exact) mass is 386 g/mol. The number of benzene rings is 2. The van der Waals surface area contributed by atoms with Gasteiger partial charge in [0.15, 0.2) is 5.82 Å². The predicted molar refractivity (Wildman–Crippen MR) is 96.8 cm³/mol. The molecular weight excluding hydrogens is 371 g/mol. The highest BCUT2D eigenvalue weighted by atomic mass is 32.2. The molecule has 0 aliphatic rings. The SMILES string of the molecule is Cc1noc(CNS(=O)(=O)c2ccc(-c3c[nH]c4cc(F)ccc34)cc2)n1. The molecule has 0 atom stereocenters. The Hall–Kier alpha value is -3.04. The number of aryl methyl sites for hydroxylation is 1. The third-order valence-electron chi connectivity index (χ3n) is 4.10. The summed E-state index contributed by atoms with van der Waals surface area (Å²) in [6, 6.07) is 10.9. The van der Waals surface area contributed by atoms with Crippen molar-refractivity contribution in [2.75, 3.05) is 0 Å². The number of nitrogens with zero attached hydrogens (tertiary/aromatic N) is 2. The van der Waals surface area contributed by atoms with E-state index in [0.717, 1.165) is 16.5 Å². The maximum atomic E-state index is 13.3. The molecule has 2 heterocycles. The van der Waals surface area contributed by atoms with Crippen LogP contribution in [-0.2, 0) is 16.6 Å². The van der Waals surface area contributed by atoms with E-state index in [2.05, 4.69) is 19.8 Å². The Morgan fingerprint density at radius 1 is 1.19 bits per heavy atom. The second-order valence-electron chi connectivity index (χ2n) is 5.98. The van der Waals surface area contributed by atoms with E-state index >= 15 is 0 Å². The van der Waals surface area contributed by atoms with E-state index in [9.17, 15) is 12.8 Å². The normalized spacial score (nSPS) is 11.9. The van der Waals surface area contributed by atoms with Gasteiger partial charge in [-0.2, -0.15) is 4.98 Å². The Labute approximate surface area is 154 Å². The van der Waals surface area contributed by atoms with E-state index in [4.69, 9.17) is 4.52 Å². The van der Waals surface area contributed by atoms with Crippen LogP contribution in [0.1, 0.15) is 11.7 Å². The fourth-order valence-corrected chi connectivity index (χ4v) is 3.78. The lowest BCUT2D eigenvalue weighted by molar-refractivity contribution is 0.372. The van der Waals surface area contributed by atoms with Gasteiger partial charge in [0.1, 0.15) is 5.82 Å². The molecule has 0 fully saturated rings.